The van der Waals surface area contributed by atoms with E-state index in [0.717, 1.165) is 12.8 Å². The van der Waals surface area contributed by atoms with Crippen LogP contribution in [0.5, 0.6) is 0 Å². The first-order chi connectivity index (χ1) is 4.84. The van der Waals surface area contributed by atoms with Crippen molar-refractivity contribution in [3.63, 3.8) is 0 Å². The highest BCUT2D eigenvalue weighted by atomic mass is 16.3. The van der Waals surface area contributed by atoms with E-state index >= 15 is 0 Å². The summed E-state index contributed by atoms with van der Waals surface area (Å²) in [6, 6.07) is 0. The summed E-state index contributed by atoms with van der Waals surface area (Å²) in [7, 11) is 0. The van der Waals surface area contributed by atoms with Gasteiger partial charge in [-0.05, 0) is 25.2 Å². The van der Waals surface area contributed by atoms with Crippen molar-refractivity contribution < 1.29 is 5.11 Å². The molecule has 0 aromatic rings. The molecule has 65 valence electrons. The molecule has 0 rings (SSSR count). The van der Waals surface area contributed by atoms with Crippen molar-refractivity contribution in [2.24, 2.45) is 5.41 Å². The largest absolute Gasteiger partial charge is 0.233 e. The van der Waals surface area contributed by atoms with Gasteiger partial charge >= 0.3 is 0 Å². The molecule has 0 aliphatic carbocycles. The molecule has 1 heteroatoms. The minimum absolute atomic E-state index is 0.162. The van der Waals surface area contributed by atoms with Crippen LogP contribution in [0.15, 0.2) is 12.2 Å². The van der Waals surface area contributed by atoms with Crippen LogP contribution in [0.3, 0.4) is 0 Å². The van der Waals surface area contributed by atoms with Crippen LogP contribution in [-0.4, -0.2) is 6.10 Å². The quantitative estimate of drug-likeness (QED) is 0.558. The fourth-order valence-electron chi connectivity index (χ4n) is 0.752. The normalized spacial score (nSPS) is 14.6. The summed E-state index contributed by atoms with van der Waals surface area (Å²) in [5, 5.41) is 10.7. The van der Waals surface area contributed by atoms with Gasteiger partial charge in [0.1, 0.15) is 0 Å². The van der Waals surface area contributed by atoms with Crippen molar-refractivity contribution in [2.45, 2.75) is 46.6 Å². The zero-order valence-electron chi connectivity index (χ0n) is 8.11. The molecule has 0 bridgehead atoms. The molecular formula is C10H19O. The van der Waals surface area contributed by atoms with Crippen molar-refractivity contribution in [3.8, 4) is 0 Å². The summed E-state index contributed by atoms with van der Waals surface area (Å²) in [5.74, 6) is 0. The average molecular weight is 155 g/mol. The second-order valence-electron chi connectivity index (χ2n) is 4.20. The maximum atomic E-state index is 10.7. The smallest absolute Gasteiger partial charge is 0.0905 e. The van der Waals surface area contributed by atoms with E-state index in [-0.39, 0.29) is 5.41 Å². The Labute approximate surface area is 70.1 Å². The number of rotatable bonds is 3. The first-order valence-corrected chi connectivity index (χ1v) is 4.18. The third kappa shape index (κ3) is 5.02. The molecule has 0 amide bonds. The van der Waals surface area contributed by atoms with Crippen molar-refractivity contribution >= 4 is 0 Å². The maximum absolute atomic E-state index is 10.7. The molecule has 0 N–H and O–H groups in total. The molecule has 1 unspecified atom stereocenters. The lowest BCUT2D eigenvalue weighted by Gasteiger charge is -2.21. The molecule has 0 aromatic carbocycles. The van der Waals surface area contributed by atoms with Gasteiger partial charge in [-0.25, -0.2) is 5.11 Å². The van der Waals surface area contributed by atoms with Gasteiger partial charge in [-0.3, -0.25) is 0 Å². The highest BCUT2D eigenvalue weighted by Crippen LogP contribution is 2.27. The van der Waals surface area contributed by atoms with Crippen LogP contribution < -0.4 is 0 Å². The Balaban J connectivity index is 3.71. The zero-order valence-corrected chi connectivity index (χ0v) is 8.11. The third-order valence-electron chi connectivity index (χ3n) is 1.91. The first kappa shape index (κ1) is 10.7. The number of hydrogen-bond acceptors (Lipinski definition) is 0. The van der Waals surface area contributed by atoms with E-state index in [1.165, 1.54) is 5.57 Å². The molecule has 0 aromatic heterocycles. The molecule has 0 saturated carbocycles. The Bertz CT molecular complexity index is 128. The number of hydrogen-bond donors (Lipinski definition) is 0. The monoisotopic (exact) mass is 155 g/mol. The topological polar surface area (TPSA) is 19.9 Å². The Morgan fingerprint density at radius 2 is 1.91 bits per heavy atom. The summed E-state index contributed by atoms with van der Waals surface area (Å²) < 4.78 is 0. The van der Waals surface area contributed by atoms with Crippen LogP contribution >= 0.6 is 0 Å². The summed E-state index contributed by atoms with van der Waals surface area (Å²) in [5.41, 5.74) is 1.34. The second kappa shape index (κ2) is 3.91. The van der Waals surface area contributed by atoms with Crippen molar-refractivity contribution in [1.29, 1.82) is 0 Å². The fraction of sp³-hybridized carbons (Fsp3) is 0.800. The second-order valence-corrected chi connectivity index (χ2v) is 4.20. The lowest BCUT2D eigenvalue weighted by Crippen LogP contribution is -2.10. The van der Waals surface area contributed by atoms with E-state index in [9.17, 15) is 5.11 Å². The van der Waals surface area contributed by atoms with Gasteiger partial charge in [-0.15, -0.1) is 0 Å². The summed E-state index contributed by atoms with van der Waals surface area (Å²) in [6.45, 7) is 12.1. The van der Waals surface area contributed by atoms with Gasteiger partial charge in [0.2, 0.25) is 0 Å². The molecule has 0 aliphatic rings. The summed E-state index contributed by atoms with van der Waals surface area (Å²) >= 11 is 0. The van der Waals surface area contributed by atoms with E-state index in [2.05, 4.69) is 27.4 Å². The van der Waals surface area contributed by atoms with Crippen molar-refractivity contribution in [2.75, 3.05) is 0 Å². The van der Waals surface area contributed by atoms with Crippen LogP contribution in [0.25, 0.3) is 0 Å². The van der Waals surface area contributed by atoms with Gasteiger partial charge in [-0.1, -0.05) is 32.9 Å². The molecule has 1 atom stereocenters. The molecule has 1 radical (unpaired) electrons. The Morgan fingerprint density at radius 1 is 1.45 bits per heavy atom. The molecule has 0 saturated heterocycles. The molecular weight excluding hydrogens is 136 g/mol. The summed E-state index contributed by atoms with van der Waals surface area (Å²) in [6.07, 6.45) is 1.14. The number of allylic oxidation sites excluding steroid dienone is 1. The minimum atomic E-state index is -0.450. The lowest BCUT2D eigenvalue weighted by molar-refractivity contribution is 0.0969. The van der Waals surface area contributed by atoms with E-state index in [0.29, 0.717) is 0 Å². The van der Waals surface area contributed by atoms with E-state index in [1.807, 2.05) is 0 Å². The maximum Gasteiger partial charge on any atom is 0.0905 e. The third-order valence-corrected chi connectivity index (χ3v) is 1.91. The molecule has 11 heavy (non-hydrogen) atoms. The van der Waals surface area contributed by atoms with Crippen LogP contribution in [0, 0.1) is 5.41 Å². The van der Waals surface area contributed by atoms with Crippen LogP contribution in [0.4, 0.5) is 0 Å². The first-order valence-electron chi connectivity index (χ1n) is 4.18. The van der Waals surface area contributed by atoms with E-state index < -0.39 is 6.10 Å². The van der Waals surface area contributed by atoms with Gasteiger partial charge in [0.15, 0.2) is 0 Å². The van der Waals surface area contributed by atoms with Gasteiger partial charge in [0.25, 0.3) is 0 Å². The fourth-order valence-corrected chi connectivity index (χ4v) is 0.752. The average Bonchev–Trinajstić information content (AvgIpc) is 1.80. The molecule has 1 nitrogen and oxygen atoms in total. The highest BCUT2D eigenvalue weighted by Gasteiger charge is 2.14. The van der Waals surface area contributed by atoms with Gasteiger partial charge in [-0.2, -0.15) is 0 Å². The van der Waals surface area contributed by atoms with Crippen molar-refractivity contribution in [1.82, 2.24) is 0 Å². The van der Waals surface area contributed by atoms with Gasteiger partial charge < -0.3 is 0 Å². The van der Waals surface area contributed by atoms with E-state index in [4.69, 9.17) is 0 Å². The zero-order chi connectivity index (χ0) is 9.07. The predicted octanol–water partition coefficient (Wildman–Crippen LogP) is 3.19. The summed E-state index contributed by atoms with van der Waals surface area (Å²) in [4.78, 5) is 0. The Morgan fingerprint density at radius 3 is 2.18 bits per heavy atom. The van der Waals surface area contributed by atoms with Crippen LogP contribution in [0.1, 0.15) is 40.5 Å². The van der Waals surface area contributed by atoms with Crippen LogP contribution in [0.2, 0.25) is 0 Å². The van der Waals surface area contributed by atoms with Crippen molar-refractivity contribution in [3.05, 3.63) is 12.2 Å². The highest BCUT2D eigenvalue weighted by molar-refractivity contribution is 5.04. The van der Waals surface area contributed by atoms with Gasteiger partial charge in [0, 0.05) is 0 Å². The molecule has 0 fully saturated rings. The lowest BCUT2D eigenvalue weighted by atomic mass is 9.84. The van der Waals surface area contributed by atoms with E-state index in [1.54, 1.807) is 6.92 Å². The van der Waals surface area contributed by atoms with Crippen LogP contribution in [-0.2, 0) is 5.11 Å². The molecule has 0 spiro atoms. The minimum Gasteiger partial charge on any atom is -0.233 e. The standard InChI is InChI=1S/C10H19O/c1-8(10(3,4)5)6-7-9(2)11/h9H,1,6-7H2,2-5H3. The van der Waals surface area contributed by atoms with Gasteiger partial charge in [0.05, 0.1) is 6.10 Å². The Hall–Kier alpha value is -0.300. The Kier molecular flexibility index (Phi) is 3.81. The molecule has 0 aliphatic heterocycles. The molecule has 0 heterocycles. The SMILES string of the molecule is C=C(CCC(C)[O])C(C)(C)C. The predicted molar refractivity (Wildman–Crippen MR) is 48.0 cm³/mol.